The van der Waals surface area contributed by atoms with Gasteiger partial charge in [-0.2, -0.15) is 5.10 Å². The molecule has 0 amide bonds. The Bertz CT molecular complexity index is 793. The number of hydrogen-bond donors (Lipinski definition) is 0. The average Bonchev–Trinajstić information content (AvgIpc) is 2.92. The Kier molecular flexibility index (Phi) is 5.48. The molecule has 2 aromatic rings. The number of hydrogen-bond acceptors (Lipinski definition) is 6. The van der Waals surface area contributed by atoms with Crippen LogP contribution in [-0.2, 0) is 12.0 Å². The largest absolute Gasteiger partial charge is 0.346 e. The molecule has 0 N–H and O–H groups in total. The third-order valence-electron chi connectivity index (χ3n) is 4.92. The van der Waals surface area contributed by atoms with Crippen LogP contribution >= 0.6 is 11.3 Å². The molecule has 0 radical (unpaired) electrons. The van der Waals surface area contributed by atoms with Crippen molar-refractivity contribution in [3.8, 4) is 0 Å². The topological polar surface area (TPSA) is 54.3 Å². The summed E-state index contributed by atoms with van der Waals surface area (Å²) in [4.78, 5) is 22.8. The summed E-state index contributed by atoms with van der Waals surface area (Å²) in [7, 11) is 0. The number of piperazine rings is 1. The van der Waals surface area contributed by atoms with Crippen LogP contribution in [0.5, 0.6) is 0 Å². The second-order valence-electron chi connectivity index (χ2n) is 8.00. The van der Waals surface area contributed by atoms with Crippen LogP contribution in [0.4, 0.5) is 5.13 Å². The standard InChI is InChI=1S/C19H29N5OS/c1-14-15(2)26-18(20-14)23-11-8-22(9-12-23)10-13-24-17(25)7-6-16(21-24)19(3,4)5/h6-7H,8-13H2,1-5H3. The molecule has 1 aliphatic heterocycles. The van der Waals surface area contributed by atoms with Gasteiger partial charge in [-0.1, -0.05) is 20.8 Å². The summed E-state index contributed by atoms with van der Waals surface area (Å²) in [6.45, 7) is 16.0. The molecule has 1 fully saturated rings. The van der Waals surface area contributed by atoms with Crippen molar-refractivity contribution in [2.75, 3.05) is 37.6 Å². The molecule has 142 valence electrons. The van der Waals surface area contributed by atoms with Crippen LogP contribution in [0.1, 0.15) is 37.0 Å². The average molecular weight is 376 g/mol. The lowest BCUT2D eigenvalue weighted by Crippen LogP contribution is -2.47. The zero-order chi connectivity index (χ0) is 18.9. The van der Waals surface area contributed by atoms with Gasteiger partial charge in [-0.3, -0.25) is 9.69 Å². The molecule has 0 spiro atoms. The Hall–Kier alpha value is -1.73. The zero-order valence-electron chi connectivity index (χ0n) is 16.4. The Labute approximate surface area is 159 Å². The predicted octanol–water partition coefficient (Wildman–Crippen LogP) is 2.44. The number of aryl methyl sites for hydroxylation is 2. The number of aromatic nitrogens is 3. The summed E-state index contributed by atoms with van der Waals surface area (Å²) in [6, 6.07) is 3.48. The molecule has 1 saturated heterocycles. The quantitative estimate of drug-likeness (QED) is 0.822. The molecule has 6 nitrogen and oxygen atoms in total. The van der Waals surface area contributed by atoms with Gasteiger partial charge >= 0.3 is 0 Å². The Balaban J connectivity index is 1.56. The lowest BCUT2D eigenvalue weighted by atomic mass is 9.92. The maximum Gasteiger partial charge on any atom is 0.266 e. The number of rotatable bonds is 4. The monoisotopic (exact) mass is 375 g/mol. The van der Waals surface area contributed by atoms with Crippen LogP contribution < -0.4 is 10.5 Å². The third-order valence-corrected chi connectivity index (χ3v) is 6.06. The highest BCUT2D eigenvalue weighted by Gasteiger charge is 2.21. The fourth-order valence-electron chi connectivity index (χ4n) is 3.00. The Morgan fingerprint density at radius 1 is 1.08 bits per heavy atom. The first-order chi connectivity index (χ1) is 12.2. The first-order valence-electron chi connectivity index (χ1n) is 9.24. The number of anilines is 1. The van der Waals surface area contributed by atoms with E-state index in [9.17, 15) is 4.79 Å². The SMILES string of the molecule is Cc1nc(N2CCN(CCn3nc(C(C)(C)C)ccc3=O)CC2)sc1C. The summed E-state index contributed by atoms with van der Waals surface area (Å²) in [6.07, 6.45) is 0. The van der Waals surface area contributed by atoms with Crippen LogP contribution in [0.25, 0.3) is 0 Å². The number of thiazole rings is 1. The van der Waals surface area contributed by atoms with Crippen molar-refractivity contribution < 1.29 is 0 Å². The summed E-state index contributed by atoms with van der Waals surface area (Å²) in [5.74, 6) is 0. The van der Waals surface area contributed by atoms with E-state index in [4.69, 9.17) is 0 Å². The maximum absolute atomic E-state index is 12.1. The molecule has 2 aromatic heterocycles. The van der Waals surface area contributed by atoms with Crippen molar-refractivity contribution >= 4 is 16.5 Å². The van der Waals surface area contributed by atoms with Crippen LogP contribution in [-0.4, -0.2) is 52.4 Å². The first kappa shape index (κ1) is 19.0. The van der Waals surface area contributed by atoms with Gasteiger partial charge in [-0.15, -0.1) is 11.3 Å². The first-order valence-corrected chi connectivity index (χ1v) is 10.1. The van der Waals surface area contributed by atoms with Gasteiger partial charge in [0, 0.05) is 49.1 Å². The van der Waals surface area contributed by atoms with Crippen molar-refractivity contribution in [2.45, 2.75) is 46.6 Å². The van der Waals surface area contributed by atoms with E-state index >= 15 is 0 Å². The minimum absolute atomic E-state index is 0.0228. The van der Waals surface area contributed by atoms with E-state index in [1.165, 1.54) is 4.88 Å². The van der Waals surface area contributed by atoms with Gasteiger partial charge in [0.15, 0.2) is 5.13 Å². The fourth-order valence-corrected chi connectivity index (χ4v) is 3.96. The van der Waals surface area contributed by atoms with Gasteiger partial charge in [0.2, 0.25) is 0 Å². The third kappa shape index (κ3) is 4.32. The van der Waals surface area contributed by atoms with Gasteiger partial charge in [0.25, 0.3) is 5.56 Å². The van der Waals surface area contributed by atoms with Gasteiger partial charge in [-0.25, -0.2) is 9.67 Å². The predicted molar refractivity (Wildman–Crippen MR) is 107 cm³/mol. The molecule has 26 heavy (non-hydrogen) atoms. The van der Waals surface area contributed by atoms with Crippen molar-refractivity contribution in [1.29, 1.82) is 0 Å². The van der Waals surface area contributed by atoms with E-state index in [-0.39, 0.29) is 11.0 Å². The van der Waals surface area contributed by atoms with Gasteiger partial charge in [0.05, 0.1) is 17.9 Å². The van der Waals surface area contributed by atoms with Gasteiger partial charge in [0.1, 0.15) is 0 Å². The molecule has 0 atom stereocenters. The lowest BCUT2D eigenvalue weighted by Gasteiger charge is -2.34. The second kappa shape index (κ2) is 7.48. The molecule has 0 bridgehead atoms. The normalized spacial score (nSPS) is 16.3. The van der Waals surface area contributed by atoms with Crippen molar-refractivity contribution in [3.63, 3.8) is 0 Å². The van der Waals surface area contributed by atoms with E-state index < -0.39 is 0 Å². The zero-order valence-corrected chi connectivity index (χ0v) is 17.3. The van der Waals surface area contributed by atoms with Crippen molar-refractivity contribution in [3.05, 3.63) is 38.8 Å². The van der Waals surface area contributed by atoms with E-state index in [2.05, 4.69) is 54.5 Å². The molecule has 0 aliphatic carbocycles. The highest BCUT2D eigenvalue weighted by atomic mass is 32.1. The summed E-state index contributed by atoms with van der Waals surface area (Å²) in [5.41, 5.74) is 2.02. The van der Waals surface area contributed by atoms with E-state index in [1.54, 1.807) is 22.1 Å². The second-order valence-corrected chi connectivity index (χ2v) is 9.18. The Morgan fingerprint density at radius 3 is 2.35 bits per heavy atom. The molecule has 3 rings (SSSR count). The van der Waals surface area contributed by atoms with Gasteiger partial charge in [-0.05, 0) is 19.9 Å². The fraction of sp³-hybridized carbons (Fsp3) is 0.632. The molecule has 7 heteroatoms. The van der Waals surface area contributed by atoms with Gasteiger partial charge < -0.3 is 4.90 Å². The molecular formula is C19H29N5OS. The summed E-state index contributed by atoms with van der Waals surface area (Å²) in [5, 5.41) is 5.70. The highest BCUT2D eigenvalue weighted by Crippen LogP contribution is 2.25. The van der Waals surface area contributed by atoms with E-state index in [1.807, 2.05) is 6.07 Å². The molecule has 1 aliphatic rings. The summed E-state index contributed by atoms with van der Waals surface area (Å²) >= 11 is 1.78. The molecule has 0 unspecified atom stereocenters. The molecule has 0 aromatic carbocycles. The molecule has 3 heterocycles. The summed E-state index contributed by atoms with van der Waals surface area (Å²) < 4.78 is 1.61. The lowest BCUT2D eigenvalue weighted by molar-refractivity contribution is 0.242. The Morgan fingerprint density at radius 2 is 1.77 bits per heavy atom. The van der Waals surface area contributed by atoms with Crippen LogP contribution in [0.2, 0.25) is 0 Å². The smallest absolute Gasteiger partial charge is 0.266 e. The van der Waals surface area contributed by atoms with Crippen LogP contribution in [0, 0.1) is 13.8 Å². The van der Waals surface area contributed by atoms with Crippen molar-refractivity contribution in [2.24, 2.45) is 0 Å². The van der Waals surface area contributed by atoms with Crippen molar-refractivity contribution in [1.82, 2.24) is 19.7 Å². The van der Waals surface area contributed by atoms with Crippen LogP contribution in [0.15, 0.2) is 16.9 Å². The molecule has 0 saturated carbocycles. The highest BCUT2D eigenvalue weighted by molar-refractivity contribution is 7.15. The van der Waals surface area contributed by atoms with Crippen LogP contribution in [0.3, 0.4) is 0 Å². The van der Waals surface area contributed by atoms with E-state index in [0.29, 0.717) is 6.54 Å². The maximum atomic E-state index is 12.1. The minimum Gasteiger partial charge on any atom is -0.346 e. The number of nitrogens with zero attached hydrogens (tertiary/aromatic N) is 5. The molecular weight excluding hydrogens is 346 g/mol. The minimum atomic E-state index is -0.0506. The van der Waals surface area contributed by atoms with E-state index in [0.717, 1.165) is 49.2 Å².